The molecule has 0 radical (unpaired) electrons. The first-order valence-corrected chi connectivity index (χ1v) is 7.09. The van der Waals surface area contributed by atoms with Crippen molar-refractivity contribution in [2.45, 2.75) is 32.7 Å². The molecule has 1 aromatic carbocycles. The molecule has 1 N–H and O–H groups in total. The van der Waals surface area contributed by atoms with Gasteiger partial charge in [0.05, 0.1) is 10.9 Å². The van der Waals surface area contributed by atoms with Gasteiger partial charge in [-0.25, -0.2) is 4.39 Å². The summed E-state index contributed by atoms with van der Waals surface area (Å²) in [5, 5.41) is 8.87. The van der Waals surface area contributed by atoms with Crippen LogP contribution >= 0.6 is 15.9 Å². The van der Waals surface area contributed by atoms with Gasteiger partial charge in [-0.05, 0) is 47.0 Å². The van der Waals surface area contributed by atoms with Crippen LogP contribution < -0.4 is 0 Å². The van der Waals surface area contributed by atoms with Gasteiger partial charge < -0.3 is 10.0 Å². The molecule has 0 aliphatic heterocycles. The predicted octanol–water partition coefficient (Wildman–Crippen LogP) is 2.84. The lowest BCUT2D eigenvalue weighted by atomic mass is 10.1. The maximum Gasteiger partial charge on any atom is 0.323 e. The number of amides is 1. The Balaban J connectivity index is 2.84. The van der Waals surface area contributed by atoms with E-state index in [1.54, 1.807) is 6.92 Å². The van der Waals surface area contributed by atoms with Gasteiger partial charge in [-0.2, -0.15) is 0 Å². The normalized spacial score (nSPS) is 12.0. The minimum atomic E-state index is -1.04. The Bertz CT molecular complexity index is 507. The van der Waals surface area contributed by atoms with Crippen LogP contribution in [0.2, 0.25) is 0 Å². The highest BCUT2D eigenvalue weighted by Crippen LogP contribution is 2.18. The van der Waals surface area contributed by atoms with Crippen molar-refractivity contribution in [3.05, 3.63) is 34.1 Å². The number of hydrogen-bond donors (Lipinski definition) is 1. The Kier molecular flexibility index (Phi) is 6.13. The van der Waals surface area contributed by atoms with E-state index >= 15 is 0 Å². The van der Waals surface area contributed by atoms with Crippen LogP contribution in [0, 0.1) is 5.82 Å². The highest BCUT2D eigenvalue weighted by Gasteiger charge is 2.21. The zero-order chi connectivity index (χ0) is 15.3. The second-order valence-corrected chi connectivity index (χ2v) is 5.45. The van der Waals surface area contributed by atoms with Crippen molar-refractivity contribution in [3.8, 4) is 0 Å². The van der Waals surface area contributed by atoms with Crippen LogP contribution in [-0.4, -0.2) is 34.5 Å². The van der Waals surface area contributed by atoms with E-state index in [-0.39, 0.29) is 29.4 Å². The number of nitrogens with zero attached hydrogens (tertiary/aromatic N) is 1. The van der Waals surface area contributed by atoms with Crippen molar-refractivity contribution in [1.82, 2.24) is 4.90 Å². The molecular formula is C14H17BrFNO3. The summed E-state index contributed by atoms with van der Waals surface area (Å²) in [5.41, 5.74) is 0.641. The third kappa shape index (κ3) is 4.59. The van der Waals surface area contributed by atoms with Gasteiger partial charge in [-0.1, -0.05) is 13.0 Å². The van der Waals surface area contributed by atoms with Gasteiger partial charge in [-0.3, -0.25) is 9.59 Å². The van der Waals surface area contributed by atoms with Crippen LogP contribution in [0.3, 0.4) is 0 Å². The minimum Gasteiger partial charge on any atom is -0.480 e. The van der Waals surface area contributed by atoms with Gasteiger partial charge in [0, 0.05) is 6.04 Å². The zero-order valence-corrected chi connectivity index (χ0v) is 13.0. The fourth-order valence-corrected chi connectivity index (χ4v) is 2.21. The molecule has 1 amide bonds. The molecule has 0 aromatic heterocycles. The number of aliphatic carboxylic acids is 1. The van der Waals surface area contributed by atoms with E-state index in [1.165, 1.54) is 23.1 Å². The maximum absolute atomic E-state index is 13.1. The summed E-state index contributed by atoms with van der Waals surface area (Å²) in [6.07, 6.45) is 0.725. The maximum atomic E-state index is 13.1. The van der Waals surface area contributed by atoms with E-state index in [1.807, 2.05) is 6.92 Å². The second kappa shape index (κ2) is 7.38. The Morgan fingerprint density at radius 2 is 2.10 bits per heavy atom. The SMILES string of the molecule is CCC(C)N(CC(=O)O)C(=O)Cc1ccc(F)c(Br)c1. The lowest BCUT2D eigenvalue weighted by Crippen LogP contribution is -2.42. The molecule has 4 nitrogen and oxygen atoms in total. The molecule has 0 saturated carbocycles. The molecule has 110 valence electrons. The van der Waals surface area contributed by atoms with Gasteiger partial charge in [-0.15, -0.1) is 0 Å². The molecule has 0 aliphatic rings. The van der Waals surface area contributed by atoms with E-state index in [2.05, 4.69) is 15.9 Å². The molecular weight excluding hydrogens is 329 g/mol. The van der Waals surface area contributed by atoms with Crippen LogP contribution in [-0.2, 0) is 16.0 Å². The molecule has 0 heterocycles. The number of carboxylic acid groups (broad SMARTS) is 1. The summed E-state index contributed by atoms with van der Waals surface area (Å²) in [4.78, 5) is 24.4. The van der Waals surface area contributed by atoms with E-state index < -0.39 is 11.8 Å². The summed E-state index contributed by atoms with van der Waals surface area (Å²) in [6, 6.07) is 4.18. The predicted molar refractivity (Wildman–Crippen MR) is 76.9 cm³/mol. The van der Waals surface area contributed by atoms with Gasteiger partial charge in [0.15, 0.2) is 0 Å². The number of carboxylic acids is 1. The van der Waals surface area contributed by atoms with Crippen molar-refractivity contribution in [1.29, 1.82) is 0 Å². The molecule has 0 spiro atoms. The first-order chi connectivity index (χ1) is 9.35. The summed E-state index contributed by atoms with van der Waals surface area (Å²) >= 11 is 3.06. The third-order valence-electron chi connectivity index (χ3n) is 3.09. The standard InChI is InChI=1S/C14H17BrFNO3/c1-3-9(2)17(8-14(19)20)13(18)7-10-4-5-12(16)11(15)6-10/h4-6,9H,3,7-8H2,1-2H3,(H,19,20). The first-order valence-electron chi connectivity index (χ1n) is 6.30. The molecule has 1 atom stereocenters. The second-order valence-electron chi connectivity index (χ2n) is 4.60. The van der Waals surface area contributed by atoms with Crippen molar-refractivity contribution >= 4 is 27.8 Å². The number of rotatable bonds is 6. The quantitative estimate of drug-likeness (QED) is 0.862. The number of carbonyl (C=O) groups excluding carboxylic acids is 1. The summed E-state index contributed by atoms with van der Waals surface area (Å²) in [5.74, 6) is -1.72. The molecule has 0 aliphatic carbocycles. The Morgan fingerprint density at radius 3 is 2.60 bits per heavy atom. The summed E-state index contributed by atoms with van der Waals surface area (Å²) in [7, 11) is 0. The van der Waals surface area contributed by atoms with E-state index in [4.69, 9.17) is 5.11 Å². The Labute approximate surface area is 125 Å². The number of hydrogen-bond acceptors (Lipinski definition) is 2. The molecule has 0 fully saturated rings. The number of benzene rings is 1. The third-order valence-corrected chi connectivity index (χ3v) is 3.70. The Morgan fingerprint density at radius 1 is 1.45 bits per heavy atom. The van der Waals surface area contributed by atoms with Crippen LogP contribution in [0.4, 0.5) is 4.39 Å². The molecule has 1 rings (SSSR count). The lowest BCUT2D eigenvalue weighted by Gasteiger charge is -2.27. The first kappa shape index (κ1) is 16.6. The number of halogens is 2. The highest BCUT2D eigenvalue weighted by molar-refractivity contribution is 9.10. The van der Waals surface area contributed by atoms with E-state index in [0.29, 0.717) is 12.0 Å². The largest absolute Gasteiger partial charge is 0.480 e. The van der Waals surface area contributed by atoms with E-state index in [9.17, 15) is 14.0 Å². The average Bonchev–Trinajstić information content (AvgIpc) is 2.39. The fourth-order valence-electron chi connectivity index (χ4n) is 1.78. The average molecular weight is 346 g/mol. The van der Waals surface area contributed by atoms with Crippen LogP contribution in [0.5, 0.6) is 0 Å². The smallest absolute Gasteiger partial charge is 0.323 e. The van der Waals surface area contributed by atoms with Crippen LogP contribution in [0.25, 0.3) is 0 Å². The topological polar surface area (TPSA) is 57.6 Å². The van der Waals surface area contributed by atoms with Gasteiger partial charge in [0.1, 0.15) is 12.4 Å². The van der Waals surface area contributed by atoms with Gasteiger partial charge >= 0.3 is 5.97 Å². The molecule has 0 saturated heterocycles. The lowest BCUT2D eigenvalue weighted by molar-refractivity contribution is -0.145. The molecule has 0 bridgehead atoms. The van der Waals surface area contributed by atoms with Crippen molar-refractivity contribution < 1.29 is 19.1 Å². The molecule has 1 unspecified atom stereocenters. The monoisotopic (exact) mass is 345 g/mol. The van der Waals surface area contributed by atoms with E-state index in [0.717, 1.165) is 0 Å². The Hall–Kier alpha value is -1.43. The summed E-state index contributed by atoms with van der Waals surface area (Å²) < 4.78 is 13.4. The fraction of sp³-hybridized carbons (Fsp3) is 0.429. The molecule has 1 aromatic rings. The minimum absolute atomic E-state index is 0.0521. The van der Waals surface area contributed by atoms with Gasteiger partial charge in [0.25, 0.3) is 0 Å². The number of carbonyl (C=O) groups is 2. The van der Waals surface area contributed by atoms with Crippen LogP contribution in [0.15, 0.2) is 22.7 Å². The van der Waals surface area contributed by atoms with Crippen molar-refractivity contribution in [3.63, 3.8) is 0 Å². The van der Waals surface area contributed by atoms with Crippen molar-refractivity contribution in [2.75, 3.05) is 6.54 Å². The summed E-state index contributed by atoms with van der Waals surface area (Å²) in [6.45, 7) is 3.37. The molecule has 20 heavy (non-hydrogen) atoms. The van der Waals surface area contributed by atoms with Crippen LogP contribution in [0.1, 0.15) is 25.8 Å². The van der Waals surface area contributed by atoms with Crippen molar-refractivity contribution in [2.24, 2.45) is 0 Å². The zero-order valence-electron chi connectivity index (χ0n) is 11.4. The molecule has 6 heteroatoms. The highest BCUT2D eigenvalue weighted by atomic mass is 79.9. The van der Waals surface area contributed by atoms with Gasteiger partial charge in [0.2, 0.25) is 5.91 Å².